The summed E-state index contributed by atoms with van der Waals surface area (Å²) in [6.45, 7) is -0.717. The van der Waals surface area contributed by atoms with Crippen LogP contribution in [0, 0.1) is 31.7 Å². The monoisotopic (exact) mass is 645 g/mol. The minimum atomic E-state index is -2.58. The molecule has 0 aliphatic heterocycles. The first-order chi connectivity index (χ1) is 18.8. The Hall–Kier alpha value is -3.20. The van der Waals surface area contributed by atoms with Crippen molar-refractivity contribution in [3.8, 4) is 22.5 Å². The van der Waals surface area contributed by atoms with Gasteiger partial charge >= 0.3 is 0 Å². The molecule has 179 valence electrons. The molecule has 0 bridgehead atoms. The zero-order valence-electron chi connectivity index (χ0n) is 25.3. The van der Waals surface area contributed by atoms with Gasteiger partial charge in [0.15, 0.2) is 0 Å². The number of hydrogen-bond donors (Lipinski definition) is 0. The largest absolute Gasteiger partial charge is 0.304 e. The van der Waals surface area contributed by atoms with Crippen molar-refractivity contribution in [1.82, 2.24) is 9.97 Å². The Morgan fingerprint density at radius 1 is 0.886 bits per heavy atom. The number of pyridine rings is 2. The van der Waals surface area contributed by atoms with Gasteiger partial charge in [0.05, 0.1) is 0 Å². The first kappa shape index (κ1) is 19.0. The van der Waals surface area contributed by atoms with Crippen LogP contribution < -0.4 is 0 Å². The molecule has 2 nitrogen and oxygen atoms in total. The molecule has 0 aliphatic carbocycles. The molecule has 0 atom stereocenters. The van der Waals surface area contributed by atoms with Crippen LogP contribution in [-0.4, -0.2) is 9.97 Å². The quantitative estimate of drug-likeness (QED) is 0.186. The summed E-state index contributed by atoms with van der Waals surface area (Å²) in [7, 11) is 0. The van der Waals surface area contributed by atoms with Gasteiger partial charge < -0.3 is 9.97 Å². The van der Waals surface area contributed by atoms with Crippen LogP contribution in [0.5, 0.6) is 0 Å². The fourth-order valence-corrected chi connectivity index (χ4v) is 3.48. The van der Waals surface area contributed by atoms with Crippen LogP contribution in [-0.2, 0) is 20.1 Å². The van der Waals surface area contributed by atoms with Gasteiger partial charge in [-0.15, -0.1) is 65.7 Å². The molecular weight excluding hydrogens is 612 g/mol. The summed E-state index contributed by atoms with van der Waals surface area (Å²) >= 11 is 0. The van der Waals surface area contributed by atoms with E-state index < -0.39 is 19.5 Å². The van der Waals surface area contributed by atoms with Crippen molar-refractivity contribution >= 4 is 10.8 Å². The number of nitrogens with zero attached hydrogens (tertiary/aromatic N) is 2. The average Bonchev–Trinajstić information content (AvgIpc) is 2.92. The van der Waals surface area contributed by atoms with E-state index in [2.05, 4.69) is 66.3 Å². The Balaban J connectivity index is 0.000000221. The molecule has 0 aliphatic rings. The van der Waals surface area contributed by atoms with Crippen molar-refractivity contribution in [3.05, 3.63) is 120 Å². The average molecular weight is 645 g/mol. The Morgan fingerprint density at radius 2 is 1.74 bits per heavy atom. The first-order valence-electron chi connectivity index (χ1n) is 13.9. The zero-order chi connectivity index (χ0) is 29.1. The van der Waals surface area contributed by atoms with Crippen LogP contribution in [0.25, 0.3) is 33.3 Å². The summed E-state index contributed by atoms with van der Waals surface area (Å²) in [5.74, 6) is 0.0678. The summed E-state index contributed by atoms with van der Waals surface area (Å²) < 4.78 is 57.4. The molecule has 2 aromatic heterocycles. The molecular formula is C31H27FIrN2-2. The van der Waals surface area contributed by atoms with E-state index >= 15 is 0 Å². The van der Waals surface area contributed by atoms with Crippen molar-refractivity contribution in [2.75, 3.05) is 0 Å². The van der Waals surface area contributed by atoms with Gasteiger partial charge in [0.1, 0.15) is 0 Å². The molecule has 3 aromatic carbocycles. The first-order valence-corrected chi connectivity index (χ1v) is 10.9. The summed E-state index contributed by atoms with van der Waals surface area (Å²) in [5, 5.41) is 2.43. The van der Waals surface area contributed by atoms with E-state index in [0.29, 0.717) is 11.5 Å². The van der Waals surface area contributed by atoms with Gasteiger partial charge in [0, 0.05) is 46.5 Å². The van der Waals surface area contributed by atoms with Gasteiger partial charge in [0.2, 0.25) is 0 Å². The van der Waals surface area contributed by atoms with Crippen molar-refractivity contribution in [2.24, 2.45) is 0 Å². The molecule has 0 fully saturated rings. The molecule has 0 amide bonds. The molecule has 0 N–H and O–H groups in total. The number of fused-ring (bicyclic) bond motifs is 1. The second-order valence-electron chi connectivity index (χ2n) is 8.11. The molecule has 4 heteroatoms. The van der Waals surface area contributed by atoms with Gasteiger partial charge in [-0.3, -0.25) is 4.39 Å². The van der Waals surface area contributed by atoms with Crippen LogP contribution in [0.4, 0.5) is 4.39 Å². The van der Waals surface area contributed by atoms with E-state index in [9.17, 15) is 4.39 Å². The topological polar surface area (TPSA) is 25.8 Å². The normalized spacial score (nSPS) is 13.7. The van der Waals surface area contributed by atoms with Gasteiger partial charge in [-0.2, -0.15) is 0 Å². The van der Waals surface area contributed by atoms with E-state index in [1.165, 1.54) is 34.5 Å². The number of rotatable bonds is 3. The predicted octanol–water partition coefficient (Wildman–Crippen LogP) is 8.13. The summed E-state index contributed by atoms with van der Waals surface area (Å²) in [6.07, 6.45) is 2.91. The van der Waals surface area contributed by atoms with E-state index in [-0.39, 0.29) is 36.9 Å². The van der Waals surface area contributed by atoms with Crippen molar-refractivity contribution in [3.63, 3.8) is 0 Å². The van der Waals surface area contributed by atoms with E-state index in [0.717, 1.165) is 23.5 Å². The second-order valence-corrected chi connectivity index (χ2v) is 8.11. The number of aromatic nitrogens is 2. The molecule has 0 saturated heterocycles. The molecule has 5 rings (SSSR count). The number of hydrogen-bond acceptors (Lipinski definition) is 2. The second kappa shape index (κ2) is 12.0. The molecule has 2 heterocycles. The Bertz CT molecular complexity index is 1600. The maximum absolute atomic E-state index is 12.9. The summed E-state index contributed by atoms with van der Waals surface area (Å²) in [5.41, 5.74) is 3.44. The van der Waals surface area contributed by atoms with Gasteiger partial charge in [-0.25, -0.2) is 0 Å². The van der Waals surface area contributed by atoms with Gasteiger partial charge in [-0.1, -0.05) is 43.7 Å². The third-order valence-electron chi connectivity index (χ3n) is 5.37. The molecule has 5 aromatic rings. The Kier molecular flexibility index (Phi) is 6.51. The van der Waals surface area contributed by atoms with Gasteiger partial charge in [0.25, 0.3) is 0 Å². The molecule has 0 spiro atoms. The summed E-state index contributed by atoms with van der Waals surface area (Å²) in [4.78, 5) is 8.48. The van der Waals surface area contributed by atoms with Crippen molar-refractivity contribution < 1.29 is 32.7 Å². The maximum Gasteiger partial charge on any atom is 0.0379 e. The smallest absolute Gasteiger partial charge is 0.0379 e. The number of halogens is 1. The number of benzene rings is 3. The van der Waals surface area contributed by atoms with Crippen molar-refractivity contribution in [2.45, 2.75) is 33.5 Å². The van der Waals surface area contributed by atoms with Crippen LogP contribution in [0.2, 0.25) is 0 Å². The summed E-state index contributed by atoms with van der Waals surface area (Å²) in [6, 6.07) is 27.5. The fourth-order valence-electron chi connectivity index (χ4n) is 3.48. The Labute approximate surface area is 229 Å². The Morgan fingerprint density at radius 3 is 2.43 bits per heavy atom. The molecule has 1 radical (unpaired) electrons. The van der Waals surface area contributed by atoms with Crippen LogP contribution in [0.15, 0.2) is 85.2 Å². The van der Waals surface area contributed by atoms with Crippen LogP contribution >= 0.6 is 0 Å². The molecule has 35 heavy (non-hydrogen) atoms. The SMILES string of the molecule is CC(C)c1ccc2c(-c3[c-]cccc3)nccc2c1.[2H]C([2H])([2H])c1cnc(-c2[c-]cc(F)cc2)cc1C([2H])([2H])[2H].[Ir]. The number of aryl methyl sites for hydroxylation is 2. The maximum atomic E-state index is 12.9. The predicted molar refractivity (Wildman–Crippen MR) is 138 cm³/mol. The minimum absolute atomic E-state index is 0. The fraction of sp³-hybridized carbons (Fsp3) is 0.161. The van der Waals surface area contributed by atoms with E-state index in [1.807, 2.05) is 24.4 Å². The molecule has 0 saturated carbocycles. The van der Waals surface area contributed by atoms with Gasteiger partial charge in [-0.05, 0) is 59.0 Å². The molecule has 0 unspecified atom stereocenters. The third kappa shape index (κ3) is 6.48. The van der Waals surface area contributed by atoms with E-state index in [4.69, 9.17) is 8.22 Å². The van der Waals surface area contributed by atoms with Crippen LogP contribution in [0.3, 0.4) is 0 Å². The standard InChI is InChI=1S/C18H16N.C13H11FN.Ir/c1-13(2)15-8-9-17-16(12-15)10-11-19-18(17)14-6-4-3-5-7-14;1-9-7-13(15-8-10(9)2)11-3-5-12(14)6-4-11;/h3-6,8-13H,1-2H3;3,5-8H,1-2H3;/q2*-1;/i;1D3,2D3;. The van der Waals surface area contributed by atoms with Crippen molar-refractivity contribution in [1.29, 1.82) is 0 Å². The van der Waals surface area contributed by atoms with Crippen LogP contribution in [0.1, 0.15) is 44.7 Å². The minimum Gasteiger partial charge on any atom is -0.304 e. The zero-order valence-corrected chi connectivity index (χ0v) is 21.7. The third-order valence-corrected chi connectivity index (χ3v) is 5.37. The van der Waals surface area contributed by atoms with E-state index in [1.54, 1.807) is 0 Å².